The van der Waals surface area contributed by atoms with E-state index in [1.807, 2.05) is 0 Å². The highest BCUT2D eigenvalue weighted by Gasteiger charge is 2.33. The van der Waals surface area contributed by atoms with Gasteiger partial charge < -0.3 is 9.15 Å². The van der Waals surface area contributed by atoms with E-state index < -0.39 is 16.7 Å². The van der Waals surface area contributed by atoms with Gasteiger partial charge in [0.25, 0.3) is 11.6 Å². The number of aromatic nitrogens is 2. The van der Waals surface area contributed by atoms with E-state index in [1.165, 1.54) is 42.5 Å². The van der Waals surface area contributed by atoms with Crippen LogP contribution in [0, 0.1) is 10.1 Å². The highest BCUT2D eigenvalue weighted by molar-refractivity contribution is 6.30. The van der Waals surface area contributed by atoms with Crippen LogP contribution >= 0.6 is 0 Å². The molecule has 34 heavy (non-hydrogen) atoms. The van der Waals surface area contributed by atoms with Crippen LogP contribution in [0.2, 0.25) is 0 Å². The lowest BCUT2D eigenvalue weighted by molar-refractivity contribution is -0.384. The maximum atomic E-state index is 13.0. The SMILES string of the molecule is O=C(OCc1nnc(-c2ccc([N+](=O)[O-])cc2)o1)c1cccc2c1C(=O)c1ccccc1C2=O. The molecule has 1 aliphatic carbocycles. The zero-order valence-corrected chi connectivity index (χ0v) is 17.3. The number of non-ortho nitro benzene ring substituents is 1. The zero-order valence-electron chi connectivity index (χ0n) is 17.3. The molecule has 0 fully saturated rings. The molecule has 0 unspecified atom stereocenters. The van der Waals surface area contributed by atoms with Crippen molar-refractivity contribution in [1.29, 1.82) is 0 Å². The molecule has 0 spiro atoms. The van der Waals surface area contributed by atoms with Crippen molar-refractivity contribution in [3.63, 3.8) is 0 Å². The molecule has 0 N–H and O–H groups in total. The Bertz CT molecular complexity index is 1490. The Hall–Kier alpha value is -4.99. The molecule has 0 amide bonds. The third-order valence-corrected chi connectivity index (χ3v) is 5.29. The molecule has 1 heterocycles. The minimum Gasteiger partial charge on any atom is -0.452 e. The van der Waals surface area contributed by atoms with E-state index in [2.05, 4.69) is 10.2 Å². The summed E-state index contributed by atoms with van der Waals surface area (Å²) in [6, 6.07) is 16.4. The molecular weight excluding hydrogens is 442 g/mol. The van der Waals surface area contributed by atoms with Gasteiger partial charge in [-0.25, -0.2) is 4.79 Å². The summed E-state index contributed by atoms with van der Waals surface area (Å²) in [5.74, 6) is -1.53. The predicted molar refractivity (Wildman–Crippen MR) is 115 cm³/mol. The molecule has 1 aromatic heterocycles. The lowest BCUT2D eigenvalue weighted by Crippen LogP contribution is -2.24. The van der Waals surface area contributed by atoms with Gasteiger partial charge in [-0.2, -0.15) is 0 Å². The van der Waals surface area contributed by atoms with Crippen molar-refractivity contribution in [2.75, 3.05) is 0 Å². The van der Waals surface area contributed by atoms with Crippen molar-refractivity contribution in [2.45, 2.75) is 6.61 Å². The number of benzene rings is 3. The van der Waals surface area contributed by atoms with Crippen LogP contribution in [-0.2, 0) is 11.3 Å². The van der Waals surface area contributed by atoms with E-state index >= 15 is 0 Å². The van der Waals surface area contributed by atoms with Crippen LogP contribution in [0.3, 0.4) is 0 Å². The molecule has 0 bridgehead atoms. The van der Waals surface area contributed by atoms with E-state index in [0.29, 0.717) is 5.56 Å². The molecular formula is C24H13N3O7. The van der Waals surface area contributed by atoms with E-state index in [-0.39, 0.29) is 57.7 Å². The van der Waals surface area contributed by atoms with Gasteiger partial charge in [0.2, 0.25) is 5.89 Å². The molecule has 0 saturated heterocycles. The molecule has 0 radical (unpaired) electrons. The summed E-state index contributed by atoms with van der Waals surface area (Å²) in [7, 11) is 0. The van der Waals surface area contributed by atoms with Crippen molar-refractivity contribution in [3.8, 4) is 11.5 Å². The lowest BCUT2D eigenvalue weighted by atomic mass is 9.82. The second-order valence-electron chi connectivity index (χ2n) is 7.31. The first-order valence-corrected chi connectivity index (χ1v) is 10.00. The molecule has 0 saturated carbocycles. The summed E-state index contributed by atoms with van der Waals surface area (Å²) in [6.45, 7) is -0.374. The molecule has 5 rings (SSSR count). The van der Waals surface area contributed by atoms with E-state index in [4.69, 9.17) is 9.15 Å². The summed E-state index contributed by atoms with van der Waals surface area (Å²) in [5.41, 5.74) is 0.972. The molecule has 4 aromatic rings. The third kappa shape index (κ3) is 3.52. The Balaban J connectivity index is 1.35. The first kappa shape index (κ1) is 20.9. The number of carbonyl (C=O) groups is 3. The van der Waals surface area contributed by atoms with Gasteiger partial charge in [0.15, 0.2) is 18.2 Å². The van der Waals surface area contributed by atoms with Crippen molar-refractivity contribution in [1.82, 2.24) is 10.2 Å². The van der Waals surface area contributed by atoms with Gasteiger partial charge >= 0.3 is 5.97 Å². The van der Waals surface area contributed by atoms with Crippen molar-refractivity contribution < 1.29 is 28.5 Å². The van der Waals surface area contributed by atoms with Crippen molar-refractivity contribution in [2.24, 2.45) is 0 Å². The first-order chi connectivity index (χ1) is 16.4. The van der Waals surface area contributed by atoms with E-state index in [1.54, 1.807) is 24.3 Å². The number of hydrogen-bond acceptors (Lipinski definition) is 9. The molecule has 10 nitrogen and oxygen atoms in total. The van der Waals surface area contributed by atoms with Gasteiger partial charge in [0, 0.05) is 39.9 Å². The molecule has 166 valence electrons. The fourth-order valence-corrected chi connectivity index (χ4v) is 3.67. The monoisotopic (exact) mass is 455 g/mol. The first-order valence-electron chi connectivity index (χ1n) is 10.00. The van der Waals surface area contributed by atoms with Crippen LogP contribution in [0.1, 0.15) is 48.1 Å². The number of rotatable bonds is 5. The summed E-state index contributed by atoms with van der Waals surface area (Å²) in [6.07, 6.45) is 0. The van der Waals surface area contributed by atoms with E-state index in [9.17, 15) is 24.5 Å². The smallest absolute Gasteiger partial charge is 0.339 e. The maximum Gasteiger partial charge on any atom is 0.339 e. The Labute approximate surface area is 191 Å². The number of ether oxygens (including phenoxy) is 1. The molecule has 10 heteroatoms. The minimum atomic E-state index is -0.826. The number of nitro groups is 1. The number of hydrogen-bond donors (Lipinski definition) is 0. The summed E-state index contributed by atoms with van der Waals surface area (Å²) in [4.78, 5) is 48.9. The van der Waals surface area contributed by atoms with E-state index in [0.717, 1.165) is 0 Å². The average Bonchev–Trinajstić information content (AvgIpc) is 3.34. The summed E-state index contributed by atoms with van der Waals surface area (Å²) >= 11 is 0. The number of ketones is 2. The van der Waals surface area contributed by atoms with Crippen LogP contribution in [0.15, 0.2) is 71.1 Å². The number of nitro benzene ring substituents is 1. The topological polar surface area (TPSA) is 142 Å². The molecule has 0 atom stereocenters. The fourth-order valence-electron chi connectivity index (χ4n) is 3.67. The van der Waals surface area contributed by atoms with Gasteiger partial charge in [-0.3, -0.25) is 19.7 Å². The van der Waals surface area contributed by atoms with Crippen LogP contribution in [0.5, 0.6) is 0 Å². The van der Waals surface area contributed by atoms with Gasteiger partial charge in [0.05, 0.1) is 10.5 Å². The van der Waals surface area contributed by atoms with Crippen molar-refractivity contribution >= 4 is 23.2 Å². The van der Waals surface area contributed by atoms with Gasteiger partial charge in [-0.05, 0) is 18.2 Å². The minimum absolute atomic E-state index is 0.00621. The fraction of sp³-hybridized carbons (Fsp3) is 0.0417. The molecule has 3 aromatic carbocycles. The largest absolute Gasteiger partial charge is 0.452 e. The average molecular weight is 455 g/mol. The Kier molecular flexibility index (Phi) is 5.02. The Morgan fingerprint density at radius 2 is 1.56 bits per heavy atom. The van der Waals surface area contributed by atoms with Crippen molar-refractivity contribution in [3.05, 3.63) is 111 Å². The van der Waals surface area contributed by atoms with Crippen LogP contribution in [0.25, 0.3) is 11.5 Å². The highest BCUT2D eigenvalue weighted by atomic mass is 16.6. The number of esters is 1. The maximum absolute atomic E-state index is 13.0. The van der Waals surface area contributed by atoms with Gasteiger partial charge in [-0.1, -0.05) is 36.4 Å². The highest BCUT2D eigenvalue weighted by Crippen LogP contribution is 2.30. The third-order valence-electron chi connectivity index (χ3n) is 5.29. The second-order valence-corrected chi connectivity index (χ2v) is 7.31. The van der Waals surface area contributed by atoms with Gasteiger partial charge in [-0.15, -0.1) is 10.2 Å². The number of carbonyl (C=O) groups excluding carboxylic acids is 3. The van der Waals surface area contributed by atoms with Gasteiger partial charge in [0.1, 0.15) is 0 Å². The lowest BCUT2D eigenvalue weighted by Gasteiger charge is -2.19. The molecule has 1 aliphatic rings. The number of fused-ring (bicyclic) bond motifs is 2. The number of nitrogens with zero attached hydrogens (tertiary/aromatic N) is 3. The molecule has 0 aliphatic heterocycles. The van der Waals surface area contributed by atoms with Crippen LogP contribution in [-0.4, -0.2) is 32.7 Å². The summed E-state index contributed by atoms with van der Waals surface area (Å²) < 4.78 is 10.7. The second kappa shape index (κ2) is 8.17. The Morgan fingerprint density at radius 3 is 2.26 bits per heavy atom. The summed E-state index contributed by atoms with van der Waals surface area (Å²) in [5, 5.41) is 18.4. The standard InChI is InChI=1S/C24H13N3O7/c28-21-15-4-1-2-5-16(15)22(29)20-17(21)6-3-7-18(20)24(30)33-12-19-25-26-23(34-19)13-8-10-14(11-9-13)27(31)32/h1-11H,12H2. The van der Waals surface area contributed by atoms with Crippen LogP contribution < -0.4 is 0 Å². The normalized spacial score (nSPS) is 12.1. The van der Waals surface area contributed by atoms with Crippen LogP contribution in [0.4, 0.5) is 5.69 Å². The predicted octanol–water partition coefficient (Wildman–Crippen LogP) is 3.78. The Morgan fingerprint density at radius 1 is 0.882 bits per heavy atom. The quantitative estimate of drug-likeness (QED) is 0.220. The zero-order chi connectivity index (χ0) is 23.8.